The van der Waals surface area contributed by atoms with Gasteiger partial charge in [-0.05, 0) is 18.6 Å². The van der Waals surface area contributed by atoms with E-state index in [1.54, 1.807) is 0 Å². The van der Waals surface area contributed by atoms with Crippen LogP contribution in [0.1, 0.15) is 17.2 Å². The molecule has 18 heavy (non-hydrogen) atoms. The Morgan fingerprint density at radius 1 is 1.44 bits per heavy atom. The highest BCUT2D eigenvalue weighted by atomic mass is 16.5. The third-order valence-electron chi connectivity index (χ3n) is 3.19. The van der Waals surface area contributed by atoms with E-state index in [0.717, 1.165) is 25.4 Å². The van der Waals surface area contributed by atoms with Crippen molar-refractivity contribution in [2.24, 2.45) is 0 Å². The molecule has 1 unspecified atom stereocenters. The smallest absolute Gasteiger partial charge is 0.124 e. The Morgan fingerprint density at radius 3 is 3.17 bits per heavy atom. The summed E-state index contributed by atoms with van der Waals surface area (Å²) in [6.45, 7) is 4.55. The maximum atomic E-state index is 5.63. The van der Waals surface area contributed by atoms with Crippen molar-refractivity contribution >= 4 is 0 Å². The number of benzene rings is 1. The van der Waals surface area contributed by atoms with E-state index in [1.165, 1.54) is 11.1 Å². The Hall–Kier alpha value is -1.81. The number of fused-ring (bicyclic) bond motifs is 1. The number of ether oxygens (including phenoxy) is 1. The van der Waals surface area contributed by atoms with E-state index in [-0.39, 0.29) is 0 Å². The molecule has 1 aliphatic rings. The maximum Gasteiger partial charge on any atom is 0.124 e. The van der Waals surface area contributed by atoms with Crippen LogP contribution in [-0.2, 0) is 6.54 Å². The number of aryl methyl sites for hydroxylation is 1. The van der Waals surface area contributed by atoms with Gasteiger partial charge < -0.3 is 10.1 Å². The van der Waals surface area contributed by atoms with E-state index in [4.69, 9.17) is 4.74 Å². The van der Waals surface area contributed by atoms with E-state index in [9.17, 15) is 0 Å². The lowest BCUT2D eigenvalue weighted by Crippen LogP contribution is -2.26. The minimum atomic E-state index is 0.304. The van der Waals surface area contributed by atoms with Crippen LogP contribution in [-0.4, -0.2) is 22.9 Å². The topological polar surface area (TPSA) is 39.1 Å². The van der Waals surface area contributed by atoms with Crippen LogP contribution in [0.3, 0.4) is 0 Å². The molecule has 0 saturated carbocycles. The molecule has 4 heteroatoms. The molecule has 0 fully saturated rings. The third kappa shape index (κ3) is 2.24. The normalized spacial score (nSPS) is 17.5. The van der Waals surface area contributed by atoms with Crippen molar-refractivity contribution in [1.82, 2.24) is 15.1 Å². The standard InChI is InChI=1S/C14H17N3O/c1-11-8-16-17(9-11)7-6-15-13-10-18-14-5-3-2-4-12(13)14/h2-5,8-9,13,15H,6-7,10H2,1H3. The molecule has 94 valence electrons. The second-order valence-electron chi connectivity index (χ2n) is 4.64. The number of hydrogen-bond donors (Lipinski definition) is 1. The second kappa shape index (κ2) is 4.82. The van der Waals surface area contributed by atoms with Gasteiger partial charge >= 0.3 is 0 Å². The Bertz CT molecular complexity index is 535. The number of nitrogens with one attached hydrogen (secondary N) is 1. The number of hydrogen-bond acceptors (Lipinski definition) is 3. The van der Waals surface area contributed by atoms with Crippen LogP contribution in [0.5, 0.6) is 5.75 Å². The highest BCUT2D eigenvalue weighted by Gasteiger charge is 2.22. The van der Waals surface area contributed by atoms with Crippen LogP contribution in [0.15, 0.2) is 36.7 Å². The Labute approximate surface area is 107 Å². The number of aromatic nitrogens is 2. The van der Waals surface area contributed by atoms with Gasteiger partial charge in [0, 0.05) is 18.3 Å². The molecule has 1 N–H and O–H groups in total. The van der Waals surface area contributed by atoms with Crippen LogP contribution in [0.2, 0.25) is 0 Å². The summed E-state index contributed by atoms with van der Waals surface area (Å²) in [6, 6.07) is 8.51. The van der Waals surface area contributed by atoms with Gasteiger partial charge in [-0.25, -0.2) is 0 Å². The lowest BCUT2D eigenvalue weighted by Gasteiger charge is -2.11. The van der Waals surface area contributed by atoms with Gasteiger partial charge in [0.15, 0.2) is 0 Å². The first kappa shape index (κ1) is 11.3. The van der Waals surface area contributed by atoms with Crippen molar-refractivity contribution in [3.8, 4) is 5.75 Å². The molecule has 1 atom stereocenters. The molecule has 1 aliphatic heterocycles. The Kier molecular flexibility index (Phi) is 3.02. The molecule has 1 aromatic carbocycles. The van der Waals surface area contributed by atoms with Gasteiger partial charge in [-0.1, -0.05) is 18.2 Å². The predicted octanol–water partition coefficient (Wildman–Crippen LogP) is 1.91. The maximum absolute atomic E-state index is 5.63. The molecule has 0 aliphatic carbocycles. The van der Waals surface area contributed by atoms with Crippen molar-refractivity contribution in [2.45, 2.75) is 19.5 Å². The van der Waals surface area contributed by atoms with E-state index in [0.29, 0.717) is 6.04 Å². The Balaban J connectivity index is 1.56. The van der Waals surface area contributed by atoms with Gasteiger partial charge in [-0.15, -0.1) is 0 Å². The van der Waals surface area contributed by atoms with Crippen LogP contribution >= 0.6 is 0 Å². The summed E-state index contributed by atoms with van der Waals surface area (Å²) >= 11 is 0. The molecule has 0 bridgehead atoms. The SMILES string of the molecule is Cc1cnn(CCNC2COc3ccccc32)c1. The zero-order valence-electron chi connectivity index (χ0n) is 10.5. The lowest BCUT2D eigenvalue weighted by molar-refractivity contribution is 0.309. The average molecular weight is 243 g/mol. The van der Waals surface area contributed by atoms with Gasteiger partial charge in [0.05, 0.1) is 18.8 Å². The van der Waals surface area contributed by atoms with Gasteiger partial charge in [0.1, 0.15) is 12.4 Å². The minimum absolute atomic E-state index is 0.304. The predicted molar refractivity (Wildman–Crippen MR) is 69.6 cm³/mol. The third-order valence-corrected chi connectivity index (χ3v) is 3.19. The van der Waals surface area contributed by atoms with Crippen molar-refractivity contribution in [3.63, 3.8) is 0 Å². The summed E-state index contributed by atoms with van der Waals surface area (Å²) in [4.78, 5) is 0. The lowest BCUT2D eigenvalue weighted by atomic mass is 10.1. The second-order valence-corrected chi connectivity index (χ2v) is 4.64. The van der Waals surface area contributed by atoms with Crippen molar-refractivity contribution in [1.29, 1.82) is 0 Å². The summed E-state index contributed by atoms with van der Waals surface area (Å²) in [5.41, 5.74) is 2.46. The van der Waals surface area contributed by atoms with E-state index < -0.39 is 0 Å². The minimum Gasteiger partial charge on any atom is -0.491 e. The molecule has 2 aromatic rings. The largest absolute Gasteiger partial charge is 0.491 e. The molecule has 0 saturated heterocycles. The fourth-order valence-electron chi connectivity index (χ4n) is 2.27. The number of nitrogens with zero attached hydrogens (tertiary/aromatic N) is 2. The monoisotopic (exact) mass is 243 g/mol. The highest BCUT2D eigenvalue weighted by Crippen LogP contribution is 2.31. The van der Waals surface area contributed by atoms with Crippen LogP contribution < -0.4 is 10.1 Å². The highest BCUT2D eigenvalue weighted by molar-refractivity contribution is 5.39. The molecule has 0 amide bonds. The van der Waals surface area contributed by atoms with Crippen LogP contribution in [0, 0.1) is 6.92 Å². The molecule has 3 rings (SSSR count). The summed E-state index contributed by atoms with van der Waals surface area (Å²) < 4.78 is 7.60. The molecule has 2 heterocycles. The first-order valence-electron chi connectivity index (χ1n) is 6.27. The van der Waals surface area contributed by atoms with Gasteiger partial charge in [-0.2, -0.15) is 5.10 Å². The number of rotatable bonds is 4. The first-order valence-corrected chi connectivity index (χ1v) is 6.27. The molecule has 1 aromatic heterocycles. The zero-order valence-corrected chi connectivity index (χ0v) is 10.5. The van der Waals surface area contributed by atoms with Crippen LogP contribution in [0.25, 0.3) is 0 Å². The average Bonchev–Trinajstić information content (AvgIpc) is 2.97. The molecular formula is C14H17N3O. The summed E-state index contributed by atoms with van der Waals surface area (Å²) in [5, 5.41) is 7.78. The van der Waals surface area contributed by atoms with Crippen molar-refractivity contribution in [2.75, 3.05) is 13.2 Å². The quantitative estimate of drug-likeness (QED) is 0.891. The van der Waals surface area contributed by atoms with Crippen molar-refractivity contribution in [3.05, 3.63) is 47.8 Å². The number of para-hydroxylation sites is 1. The summed E-state index contributed by atoms with van der Waals surface area (Å²) in [6.07, 6.45) is 3.94. The fraction of sp³-hybridized carbons (Fsp3) is 0.357. The molecule has 0 spiro atoms. The van der Waals surface area contributed by atoms with Gasteiger partial charge in [0.2, 0.25) is 0 Å². The Morgan fingerprint density at radius 2 is 2.33 bits per heavy atom. The van der Waals surface area contributed by atoms with E-state index in [1.807, 2.05) is 23.0 Å². The van der Waals surface area contributed by atoms with E-state index >= 15 is 0 Å². The molecular weight excluding hydrogens is 226 g/mol. The first-order chi connectivity index (χ1) is 8.83. The molecule has 0 radical (unpaired) electrons. The zero-order chi connectivity index (χ0) is 12.4. The van der Waals surface area contributed by atoms with Crippen molar-refractivity contribution < 1.29 is 4.74 Å². The summed E-state index contributed by atoms with van der Waals surface area (Å²) in [5.74, 6) is 1.00. The van der Waals surface area contributed by atoms with Gasteiger partial charge in [0.25, 0.3) is 0 Å². The summed E-state index contributed by atoms with van der Waals surface area (Å²) in [7, 11) is 0. The van der Waals surface area contributed by atoms with Crippen LogP contribution in [0.4, 0.5) is 0 Å². The van der Waals surface area contributed by atoms with Gasteiger partial charge in [-0.3, -0.25) is 4.68 Å². The van der Waals surface area contributed by atoms with E-state index in [2.05, 4.69) is 35.7 Å². The molecule has 4 nitrogen and oxygen atoms in total. The fourth-order valence-corrected chi connectivity index (χ4v) is 2.27.